The van der Waals surface area contributed by atoms with Crippen molar-refractivity contribution in [3.8, 4) is 0 Å². The number of nitrogens with two attached hydrogens (primary N) is 1. The summed E-state index contributed by atoms with van der Waals surface area (Å²) in [6, 6.07) is 6.66. The lowest BCUT2D eigenvalue weighted by Crippen LogP contribution is -2.39. The van der Waals surface area contributed by atoms with E-state index in [-0.39, 0.29) is 0 Å². The van der Waals surface area contributed by atoms with E-state index in [0.717, 1.165) is 34.9 Å². The molecule has 2 nitrogen and oxygen atoms in total. The monoisotopic (exact) mass is 332 g/mol. The van der Waals surface area contributed by atoms with Crippen LogP contribution in [0.2, 0.25) is 0 Å². The fourth-order valence-corrected chi connectivity index (χ4v) is 2.71. The summed E-state index contributed by atoms with van der Waals surface area (Å²) in [6.45, 7) is 2.10. The first-order valence-electron chi connectivity index (χ1n) is 5.12. The van der Waals surface area contributed by atoms with E-state index < -0.39 is 0 Å². The fourth-order valence-electron chi connectivity index (χ4n) is 1.87. The van der Waals surface area contributed by atoms with E-state index in [1.807, 2.05) is 6.07 Å². The van der Waals surface area contributed by atoms with Crippen molar-refractivity contribution in [2.24, 2.45) is 5.73 Å². The molecule has 0 aromatic heterocycles. The smallest absolute Gasteiger partial charge is 0.0521 e. The van der Waals surface area contributed by atoms with Gasteiger partial charge in [0.2, 0.25) is 0 Å². The van der Waals surface area contributed by atoms with Gasteiger partial charge in [0.25, 0.3) is 0 Å². The summed E-state index contributed by atoms with van der Waals surface area (Å²) in [5.41, 5.74) is 7.16. The Morgan fingerprint density at radius 2 is 1.87 bits per heavy atom. The lowest BCUT2D eigenvalue weighted by molar-refractivity contribution is 0.501. The van der Waals surface area contributed by atoms with Crippen LogP contribution in [0.15, 0.2) is 27.1 Å². The molecule has 1 aromatic carbocycles. The van der Waals surface area contributed by atoms with Gasteiger partial charge in [0.15, 0.2) is 0 Å². The molecule has 0 amide bonds. The number of benzene rings is 1. The van der Waals surface area contributed by atoms with E-state index in [2.05, 4.69) is 48.9 Å². The fraction of sp³-hybridized carbons (Fsp3) is 0.455. The molecule has 1 heterocycles. The zero-order valence-corrected chi connectivity index (χ0v) is 11.6. The van der Waals surface area contributed by atoms with Crippen molar-refractivity contribution in [2.75, 3.05) is 18.0 Å². The van der Waals surface area contributed by atoms with Gasteiger partial charge in [0, 0.05) is 28.1 Å². The zero-order valence-electron chi connectivity index (χ0n) is 8.42. The molecule has 1 aliphatic rings. The van der Waals surface area contributed by atoms with Gasteiger partial charge in [-0.2, -0.15) is 0 Å². The van der Waals surface area contributed by atoms with Crippen LogP contribution in [0.5, 0.6) is 0 Å². The summed E-state index contributed by atoms with van der Waals surface area (Å²) < 4.78 is 2.27. The highest BCUT2D eigenvalue weighted by molar-refractivity contribution is 9.11. The van der Waals surface area contributed by atoms with Gasteiger partial charge in [-0.25, -0.2) is 0 Å². The number of anilines is 1. The summed E-state index contributed by atoms with van der Waals surface area (Å²) in [4.78, 5) is 2.39. The summed E-state index contributed by atoms with van der Waals surface area (Å²) in [6.07, 6.45) is 2.16. The molecule has 15 heavy (non-hydrogen) atoms. The van der Waals surface area contributed by atoms with Crippen molar-refractivity contribution in [3.63, 3.8) is 0 Å². The van der Waals surface area contributed by atoms with Crippen LogP contribution in [0.3, 0.4) is 0 Å². The van der Waals surface area contributed by atoms with Crippen LogP contribution in [0.4, 0.5) is 5.69 Å². The molecule has 0 atom stereocenters. The standard InChI is InChI=1S/C11H14Br2N2/c12-8-1-2-10(13)11(7-8)15-5-3-9(14)4-6-15/h1-2,7,9H,3-6,14H2. The predicted octanol–water partition coefficient (Wildman–Crippen LogP) is 3.14. The van der Waals surface area contributed by atoms with Crippen molar-refractivity contribution in [3.05, 3.63) is 27.1 Å². The zero-order chi connectivity index (χ0) is 10.8. The number of hydrogen-bond acceptors (Lipinski definition) is 2. The maximum atomic E-state index is 5.90. The molecule has 2 rings (SSSR count). The Kier molecular flexibility index (Phi) is 3.69. The minimum Gasteiger partial charge on any atom is -0.370 e. The Bertz CT molecular complexity index is 346. The van der Waals surface area contributed by atoms with Crippen molar-refractivity contribution < 1.29 is 0 Å². The van der Waals surface area contributed by atoms with Crippen LogP contribution >= 0.6 is 31.9 Å². The maximum absolute atomic E-state index is 5.90. The van der Waals surface area contributed by atoms with Gasteiger partial charge in [-0.1, -0.05) is 15.9 Å². The van der Waals surface area contributed by atoms with Crippen LogP contribution in [-0.2, 0) is 0 Å². The molecule has 1 aromatic rings. The molecule has 0 spiro atoms. The minimum atomic E-state index is 0.382. The topological polar surface area (TPSA) is 29.3 Å². The summed E-state index contributed by atoms with van der Waals surface area (Å²) in [7, 11) is 0. The highest BCUT2D eigenvalue weighted by atomic mass is 79.9. The van der Waals surface area contributed by atoms with Crippen LogP contribution in [-0.4, -0.2) is 19.1 Å². The first-order valence-corrected chi connectivity index (χ1v) is 6.71. The molecule has 0 unspecified atom stereocenters. The molecule has 4 heteroatoms. The number of hydrogen-bond donors (Lipinski definition) is 1. The van der Waals surface area contributed by atoms with Gasteiger partial charge in [0.05, 0.1) is 5.69 Å². The first-order chi connectivity index (χ1) is 7.16. The summed E-state index contributed by atoms with van der Waals surface area (Å²) in [5.74, 6) is 0. The Hall–Kier alpha value is -0.0600. The van der Waals surface area contributed by atoms with Gasteiger partial charge in [-0.15, -0.1) is 0 Å². The Labute approximate surface area is 107 Å². The van der Waals surface area contributed by atoms with Crippen LogP contribution in [0.25, 0.3) is 0 Å². The third-order valence-electron chi connectivity index (χ3n) is 2.79. The second kappa shape index (κ2) is 4.85. The predicted molar refractivity (Wildman–Crippen MR) is 71.3 cm³/mol. The molecule has 0 radical (unpaired) electrons. The molecule has 1 aliphatic heterocycles. The minimum absolute atomic E-state index is 0.382. The van der Waals surface area contributed by atoms with Crippen LogP contribution < -0.4 is 10.6 Å². The number of halogens is 2. The molecule has 1 fully saturated rings. The number of piperidine rings is 1. The molecule has 0 aliphatic carbocycles. The highest BCUT2D eigenvalue weighted by Crippen LogP contribution is 2.31. The Balaban J connectivity index is 2.18. The average molecular weight is 334 g/mol. The molecule has 2 N–H and O–H groups in total. The van der Waals surface area contributed by atoms with E-state index in [1.165, 1.54) is 5.69 Å². The average Bonchev–Trinajstić information content (AvgIpc) is 2.23. The van der Waals surface area contributed by atoms with E-state index in [4.69, 9.17) is 5.73 Å². The van der Waals surface area contributed by atoms with Crippen molar-refractivity contribution >= 4 is 37.5 Å². The normalized spacial score (nSPS) is 18.2. The van der Waals surface area contributed by atoms with Gasteiger partial charge in [0.1, 0.15) is 0 Å². The van der Waals surface area contributed by atoms with Gasteiger partial charge in [-0.05, 0) is 47.0 Å². The van der Waals surface area contributed by atoms with Crippen molar-refractivity contribution in [1.82, 2.24) is 0 Å². The molecule has 82 valence electrons. The van der Waals surface area contributed by atoms with E-state index in [9.17, 15) is 0 Å². The highest BCUT2D eigenvalue weighted by Gasteiger charge is 2.17. The van der Waals surface area contributed by atoms with Gasteiger partial charge in [-0.3, -0.25) is 0 Å². The Morgan fingerprint density at radius 1 is 1.20 bits per heavy atom. The van der Waals surface area contributed by atoms with E-state index >= 15 is 0 Å². The lowest BCUT2D eigenvalue weighted by Gasteiger charge is -2.32. The maximum Gasteiger partial charge on any atom is 0.0521 e. The van der Waals surface area contributed by atoms with E-state index in [1.54, 1.807) is 0 Å². The Morgan fingerprint density at radius 3 is 2.53 bits per heavy atom. The molecule has 0 bridgehead atoms. The lowest BCUT2D eigenvalue weighted by atomic mass is 10.1. The quantitative estimate of drug-likeness (QED) is 0.855. The van der Waals surface area contributed by atoms with Crippen molar-refractivity contribution in [2.45, 2.75) is 18.9 Å². The van der Waals surface area contributed by atoms with Crippen LogP contribution in [0, 0.1) is 0 Å². The SMILES string of the molecule is NC1CCN(c2cc(Br)ccc2Br)CC1. The van der Waals surface area contributed by atoms with Gasteiger partial charge >= 0.3 is 0 Å². The molecule has 0 saturated carbocycles. The van der Waals surface area contributed by atoms with Crippen molar-refractivity contribution in [1.29, 1.82) is 0 Å². The first kappa shape index (κ1) is 11.4. The number of rotatable bonds is 1. The third kappa shape index (κ3) is 2.74. The molecular formula is C11H14Br2N2. The third-order valence-corrected chi connectivity index (χ3v) is 3.95. The molecular weight excluding hydrogens is 320 g/mol. The second-order valence-corrected chi connectivity index (χ2v) is 5.69. The van der Waals surface area contributed by atoms with E-state index in [0.29, 0.717) is 6.04 Å². The van der Waals surface area contributed by atoms with Crippen LogP contribution in [0.1, 0.15) is 12.8 Å². The molecule has 1 saturated heterocycles. The summed E-state index contributed by atoms with van der Waals surface area (Å²) >= 11 is 7.09. The largest absolute Gasteiger partial charge is 0.370 e. The second-order valence-electron chi connectivity index (χ2n) is 3.92. The number of nitrogens with zero attached hydrogens (tertiary/aromatic N) is 1. The van der Waals surface area contributed by atoms with Gasteiger partial charge < -0.3 is 10.6 Å². The summed E-state index contributed by atoms with van der Waals surface area (Å²) in [5, 5.41) is 0.